The first kappa shape index (κ1) is 21.3. The van der Waals surface area contributed by atoms with Crippen LogP contribution in [-0.4, -0.2) is 56.2 Å². The molecular formula is C26H28N6O. The minimum Gasteiger partial charge on any atom is -0.351 e. The lowest BCUT2D eigenvalue weighted by Crippen LogP contribution is -2.40. The van der Waals surface area contributed by atoms with Gasteiger partial charge in [0.05, 0.1) is 35.7 Å². The van der Waals surface area contributed by atoms with E-state index in [-0.39, 0.29) is 18.4 Å². The summed E-state index contributed by atoms with van der Waals surface area (Å²) in [5.74, 6) is 0.301. The van der Waals surface area contributed by atoms with Crippen molar-refractivity contribution in [1.82, 2.24) is 30.0 Å². The summed E-state index contributed by atoms with van der Waals surface area (Å²) in [6.45, 7) is 6.93. The number of likely N-dealkylation sites (tertiary alicyclic amines) is 1. The standard InChI is InChI=1S/C26H28N6O/c1-3-31-16-23(19-7-5-4-6-8-19)24(17-31)30-26(33)13-21-12-20-14-29-32(25(20)15-28-21)22-9-10-27-18(2)11-22/h4-12,14-15,23-24H,3,13,16-17H2,1-2H3,(H,30,33)/t23-,24+/m0/s1. The van der Waals surface area contributed by atoms with E-state index in [1.54, 1.807) is 12.4 Å². The number of fused-ring (bicyclic) bond motifs is 1. The zero-order chi connectivity index (χ0) is 22.8. The van der Waals surface area contributed by atoms with Gasteiger partial charge < -0.3 is 10.2 Å². The average molecular weight is 441 g/mol. The molecule has 1 fully saturated rings. The number of amides is 1. The van der Waals surface area contributed by atoms with E-state index in [0.717, 1.165) is 47.6 Å². The second kappa shape index (κ2) is 9.11. The van der Waals surface area contributed by atoms with Crippen molar-refractivity contribution in [1.29, 1.82) is 0 Å². The fourth-order valence-corrected chi connectivity index (χ4v) is 4.69. The lowest BCUT2D eigenvalue weighted by atomic mass is 9.94. The summed E-state index contributed by atoms with van der Waals surface area (Å²) in [7, 11) is 0. The zero-order valence-electron chi connectivity index (χ0n) is 19.0. The first-order valence-electron chi connectivity index (χ1n) is 11.4. The van der Waals surface area contributed by atoms with E-state index in [1.165, 1.54) is 5.56 Å². The largest absolute Gasteiger partial charge is 0.351 e. The topological polar surface area (TPSA) is 75.9 Å². The molecule has 168 valence electrons. The first-order chi connectivity index (χ1) is 16.1. The van der Waals surface area contributed by atoms with Crippen LogP contribution in [0.4, 0.5) is 0 Å². The number of pyridine rings is 2. The molecule has 0 spiro atoms. The number of rotatable bonds is 6. The SMILES string of the molecule is CCN1C[C@@H](NC(=O)Cc2cc3cnn(-c4ccnc(C)c4)c3cn2)[C@H](c2ccccc2)C1. The Morgan fingerprint density at radius 2 is 1.94 bits per heavy atom. The van der Waals surface area contributed by atoms with Crippen LogP contribution in [0.5, 0.6) is 0 Å². The molecule has 2 atom stereocenters. The van der Waals surface area contributed by atoms with Crippen LogP contribution in [0.25, 0.3) is 16.6 Å². The Kier molecular flexibility index (Phi) is 5.88. The van der Waals surface area contributed by atoms with Gasteiger partial charge in [-0.05, 0) is 37.2 Å². The number of carbonyl (C=O) groups excluding carboxylic acids is 1. The third-order valence-electron chi connectivity index (χ3n) is 6.39. The minimum absolute atomic E-state index is 0.00267. The number of benzene rings is 1. The van der Waals surface area contributed by atoms with Gasteiger partial charge in [0.25, 0.3) is 0 Å². The van der Waals surface area contributed by atoms with Crippen LogP contribution in [0, 0.1) is 6.92 Å². The molecule has 4 aromatic rings. The van der Waals surface area contributed by atoms with Crippen molar-refractivity contribution in [3.63, 3.8) is 0 Å². The molecule has 7 nitrogen and oxygen atoms in total. The van der Waals surface area contributed by atoms with Crippen molar-refractivity contribution < 1.29 is 4.79 Å². The van der Waals surface area contributed by atoms with Crippen molar-refractivity contribution in [3.05, 3.63) is 84.1 Å². The van der Waals surface area contributed by atoms with Gasteiger partial charge in [-0.15, -0.1) is 0 Å². The summed E-state index contributed by atoms with van der Waals surface area (Å²) in [4.78, 5) is 24.1. The number of nitrogens with one attached hydrogen (secondary N) is 1. The van der Waals surface area contributed by atoms with Gasteiger partial charge in [-0.2, -0.15) is 5.10 Å². The Bertz CT molecular complexity index is 1270. The van der Waals surface area contributed by atoms with Crippen LogP contribution in [0.15, 0.2) is 67.1 Å². The maximum atomic E-state index is 12.9. The quantitative estimate of drug-likeness (QED) is 0.498. The van der Waals surface area contributed by atoms with Gasteiger partial charge >= 0.3 is 0 Å². The number of carbonyl (C=O) groups is 1. The molecule has 4 heterocycles. The summed E-state index contributed by atoms with van der Waals surface area (Å²) >= 11 is 0. The second-order valence-electron chi connectivity index (χ2n) is 8.67. The first-order valence-corrected chi connectivity index (χ1v) is 11.4. The summed E-state index contributed by atoms with van der Waals surface area (Å²) in [6, 6.07) is 16.4. The molecular weight excluding hydrogens is 412 g/mol. The van der Waals surface area contributed by atoms with Gasteiger partial charge in [-0.3, -0.25) is 14.8 Å². The molecule has 33 heavy (non-hydrogen) atoms. The highest BCUT2D eigenvalue weighted by Gasteiger charge is 2.34. The molecule has 1 amide bonds. The zero-order valence-corrected chi connectivity index (χ0v) is 19.0. The predicted octanol–water partition coefficient (Wildman–Crippen LogP) is 3.27. The summed E-state index contributed by atoms with van der Waals surface area (Å²) < 4.78 is 1.85. The van der Waals surface area contributed by atoms with Crippen LogP contribution < -0.4 is 5.32 Å². The van der Waals surface area contributed by atoms with Crippen LogP contribution >= 0.6 is 0 Å². The van der Waals surface area contributed by atoms with E-state index < -0.39 is 0 Å². The fraction of sp³-hybridized carbons (Fsp3) is 0.308. The smallest absolute Gasteiger partial charge is 0.226 e. The van der Waals surface area contributed by atoms with Crippen molar-refractivity contribution in [2.75, 3.05) is 19.6 Å². The van der Waals surface area contributed by atoms with Crippen LogP contribution in [0.2, 0.25) is 0 Å². The predicted molar refractivity (Wildman–Crippen MR) is 128 cm³/mol. The monoisotopic (exact) mass is 440 g/mol. The number of hydrogen-bond acceptors (Lipinski definition) is 5. The molecule has 0 bridgehead atoms. The highest BCUT2D eigenvalue weighted by Crippen LogP contribution is 2.27. The number of nitrogens with zero attached hydrogens (tertiary/aromatic N) is 5. The Balaban J connectivity index is 1.31. The number of aryl methyl sites for hydroxylation is 1. The van der Waals surface area contributed by atoms with E-state index in [9.17, 15) is 4.79 Å². The molecule has 1 N–H and O–H groups in total. The Labute approximate surface area is 193 Å². The molecule has 0 radical (unpaired) electrons. The Morgan fingerprint density at radius 1 is 1.09 bits per heavy atom. The van der Waals surface area contributed by atoms with Gasteiger partial charge in [0.1, 0.15) is 0 Å². The third kappa shape index (κ3) is 4.50. The summed E-state index contributed by atoms with van der Waals surface area (Å²) in [5.41, 5.74) is 4.80. The van der Waals surface area contributed by atoms with Gasteiger partial charge in [-0.25, -0.2) is 4.68 Å². The molecule has 3 aromatic heterocycles. The van der Waals surface area contributed by atoms with Gasteiger partial charge in [0, 0.05) is 42.3 Å². The van der Waals surface area contributed by atoms with Gasteiger partial charge in [0.15, 0.2) is 0 Å². The number of aromatic nitrogens is 4. The lowest BCUT2D eigenvalue weighted by Gasteiger charge is -2.20. The Hall–Kier alpha value is -3.58. The molecule has 5 rings (SSSR count). The maximum absolute atomic E-state index is 12.9. The van der Waals surface area contributed by atoms with E-state index in [1.807, 2.05) is 42.1 Å². The molecule has 0 saturated carbocycles. The van der Waals surface area contributed by atoms with Crippen LogP contribution in [0.3, 0.4) is 0 Å². The average Bonchev–Trinajstić information content (AvgIpc) is 3.43. The van der Waals surface area contributed by atoms with Crippen molar-refractivity contribution in [2.45, 2.75) is 32.2 Å². The van der Waals surface area contributed by atoms with Crippen molar-refractivity contribution in [3.8, 4) is 5.69 Å². The van der Waals surface area contributed by atoms with Crippen molar-refractivity contribution in [2.24, 2.45) is 0 Å². The van der Waals surface area contributed by atoms with E-state index in [4.69, 9.17) is 0 Å². The van der Waals surface area contributed by atoms with E-state index in [2.05, 4.69) is 56.5 Å². The molecule has 1 aliphatic rings. The highest BCUT2D eigenvalue weighted by atomic mass is 16.1. The van der Waals surface area contributed by atoms with Crippen LogP contribution in [0.1, 0.15) is 29.8 Å². The van der Waals surface area contributed by atoms with Gasteiger partial charge in [-0.1, -0.05) is 37.3 Å². The van der Waals surface area contributed by atoms with Gasteiger partial charge in [0.2, 0.25) is 5.91 Å². The number of likely N-dealkylation sites (N-methyl/N-ethyl adjacent to an activating group) is 1. The Morgan fingerprint density at radius 3 is 2.73 bits per heavy atom. The molecule has 0 aliphatic carbocycles. The summed E-state index contributed by atoms with van der Waals surface area (Å²) in [5, 5.41) is 8.75. The molecule has 0 unspecified atom stereocenters. The highest BCUT2D eigenvalue weighted by molar-refractivity contribution is 5.83. The van der Waals surface area contributed by atoms with E-state index in [0.29, 0.717) is 5.92 Å². The van der Waals surface area contributed by atoms with Crippen molar-refractivity contribution >= 4 is 16.8 Å². The van der Waals surface area contributed by atoms with E-state index >= 15 is 0 Å². The number of hydrogen-bond donors (Lipinski definition) is 1. The molecule has 1 aromatic carbocycles. The molecule has 1 saturated heterocycles. The van der Waals surface area contributed by atoms with Crippen LogP contribution in [-0.2, 0) is 11.2 Å². The molecule has 1 aliphatic heterocycles. The third-order valence-corrected chi connectivity index (χ3v) is 6.39. The maximum Gasteiger partial charge on any atom is 0.226 e. The minimum atomic E-state index is 0.00267. The second-order valence-corrected chi connectivity index (χ2v) is 8.67. The molecule has 7 heteroatoms. The lowest BCUT2D eigenvalue weighted by molar-refractivity contribution is -0.121. The fourth-order valence-electron chi connectivity index (χ4n) is 4.69. The summed E-state index contributed by atoms with van der Waals surface area (Å²) in [6.07, 6.45) is 5.63. The normalized spacial score (nSPS) is 18.6.